The van der Waals surface area contributed by atoms with Gasteiger partial charge in [0.05, 0.1) is 6.61 Å². The number of hydrogen-bond acceptors (Lipinski definition) is 7. The fourth-order valence-electron chi connectivity index (χ4n) is 3.64. The van der Waals surface area contributed by atoms with Crippen LogP contribution < -0.4 is 26.6 Å². The lowest BCUT2D eigenvalue weighted by molar-refractivity contribution is 0.160. The Hall–Kier alpha value is -0.280. The van der Waals surface area contributed by atoms with Crippen molar-refractivity contribution in [3.05, 3.63) is 0 Å². The molecule has 0 bridgehead atoms. The molecule has 0 aromatic heterocycles. The molecule has 7 nitrogen and oxygen atoms in total. The SMILES string of the molecule is CO.COC[C@H]1CN[C@@H]2CCCC[C@H]2NCCN[C@H](C)CNCCN1. The largest absolute Gasteiger partial charge is 0.400 e. The molecule has 1 aliphatic carbocycles. The molecule has 0 aromatic carbocycles. The van der Waals surface area contributed by atoms with Gasteiger partial charge in [0.1, 0.15) is 0 Å². The van der Waals surface area contributed by atoms with Crippen molar-refractivity contribution >= 4 is 0 Å². The van der Waals surface area contributed by atoms with Gasteiger partial charge in [-0.2, -0.15) is 0 Å². The molecule has 2 fully saturated rings. The molecular weight excluding hydrogens is 318 g/mol. The smallest absolute Gasteiger partial charge is 0.0628 e. The average molecular weight is 360 g/mol. The minimum atomic E-state index is 0.380. The Balaban J connectivity index is 0.00000151. The van der Waals surface area contributed by atoms with Crippen LogP contribution in [0.5, 0.6) is 0 Å². The van der Waals surface area contributed by atoms with Crippen LogP contribution in [0.15, 0.2) is 0 Å². The zero-order valence-corrected chi connectivity index (χ0v) is 16.4. The van der Waals surface area contributed by atoms with Gasteiger partial charge in [-0.25, -0.2) is 0 Å². The fraction of sp³-hybridized carbons (Fsp3) is 1.00. The Bertz CT molecular complexity index is 309. The molecule has 0 unspecified atom stereocenters. The molecule has 6 N–H and O–H groups in total. The van der Waals surface area contributed by atoms with Gasteiger partial charge in [-0.3, -0.25) is 0 Å². The number of fused-ring (bicyclic) bond motifs is 1. The van der Waals surface area contributed by atoms with Crippen molar-refractivity contribution in [2.45, 2.75) is 56.8 Å². The summed E-state index contributed by atoms with van der Waals surface area (Å²) in [7, 11) is 2.79. The summed E-state index contributed by atoms with van der Waals surface area (Å²) in [5, 5.41) is 25.3. The molecular formula is C18H41N5O2. The van der Waals surface area contributed by atoms with Crippen LogP contribution in [0.25, 0.3) is 0 Å². The summed E-state index contributed by atoms with van der Waals surface area (Å²) in [6.45, 7) is 9.06. The van der Waals surface area contributed by atoms with Crippen molar-refractivity contribution in [3.63, 3.8) is 0 Å². The highest BCUT2D eigenvalue weighted by Gasteiger charge is 2.25. The molecule has 0 radical (unpaired) electrons. The van der Waals surface area contributed by atoms with E-state index in [4.69, 9.17) is 9.84 Å². The molecule has 1 saturated heterocycles. The number of aliphatic hydroxyl groups excluding tert-OH is 1. The summed E-state index contributed by atoms with van der Waals surface area (Å²) in [6.07, 6.45) is 5.26. The van der Waals surface area contributed by atoms with E-state index >= 15 is 0 Å². The van der Waals surface area contributed by atoms with E-state index in [1.54, 1.807) is 7.11 Å². The van der Waals surface area contributed by atoms with Gasteiger partial charge in [0.15, 0.2) is 0 Å². The Kier molecular flexibility index (Phi) is 13.5. The summed E-state index contributed by atoms with van der Waals surface area (Å²) in [5.41, 5.74) is 0. The van der Waals surface area contributed by atoms with Crippen molar-refractivity contribution in [2.75, 3.05) is 60.1 Å². The van der Waals surface area contributed by atoms with Gasteiger partial charge in [0.25, 0.3) is 0 Å². The topological polar surface area (TPSA) is 89.6 Å². The molecule has 1 aliphatic heterocycles. The highest BCUT2D eigenvalue weighted by Crippen LogP contribution is 2.18. The zero-order chi connectivity index (χ0) is 18.3. The van der Waals surface area contributed by atoms with Crippen molar-refractivity contribution in [1.82, 2.24) is 26.6 Å². The van der Waals surface area contributed by atoms with Gasteiger partial charge in [-0.15, -0.1) is 0 Å². The van der Waals surface area contributed by atoms with E-state index in [2.05, 4.69) is 33.5 Å². The third-order valence-electron chi connectivity index (χ3n) is 4.97. The van der Waals surface area contributed by atoms with E-state index in [9.17, 15) is 0 Å². The Morgan fingerprint density at radius 2 is 1.48 bits per heavy atom. The molecule has 2 aliphatic rings. The summed E-state index contributed by atoms with van der Waals surface area (Å²) >= 11 is 0. The standard InChI is InChI=1S/C17H37N5O.CH4O/c1-14-11-18-7-8-20-15(13-23-2)12-22-17-6-4-3-5-16(17)21-10-9-19-14;1-2/h14-22H,3-13H2,1-2H3;2H,1H3/t14-,15-,16-,17-;/m1./s1. The molecule has 25 heavy (non-hydrogen) atoms. The first-order chi connectivity index (χ1) is 12.3. The summed E-state index contributed by atoms with van der Waals surface area (Å²) in [5.74, 6) is 0. The molecule has 0 spiro atoms. The van der Waals surface area contributed by atoms with Crippen LogP contribution in [0.3, 0.4) is 0 Å². The van der Waals surface area contributed by atoms with Crippen LogP contribution in [0.4, 0.5) is 0 Å². The van der Waals surface area contributed by atoms with Gasteiger partial charge in [0.2, 0.25) is 0 Å². The highest BCUT2D eigenvalue weighted by atomic mass is 16.5. The maximum absolute atomic E-state index is 7.00. The summed E-state index contributed by atoms with van der Waals surface area (Å²) in [6, 6.07) is 2.08. The number of methoxy groups -OCH3 is 1. The van der Waals surface area contributed by atoms with Crippen LogP contribution in [0.1, 0.15) is 32.6 Å². The number of aliphatic hydroxyl groups is 1. The normalized spacial score (nSPS) is 33.1. The van der Waals surface area contributed by atoms with Gasteiger partial charge in [-0.05, 0) is 19.8 Å². The van der Waals surface area contributed by atoms with Crippen LogP contribution >= 0.6 is 0 Å². The maximum Gasteiger partial charge on any atom is 0.0628 e. The fourth-order valence-corrected chi connectivity index (χ4v) is 3.64. The maximum atomic E-state index is 7.00. The lowest BCUT2D eigenvalue weighted by Gasteiger charge is -2.34. The molecule has 150 valence electrons. The molecule has 1 saturated carbocycles. The van der Waals surface area contributed by atoms with Crippen molar-refractivity contribution in [3.8, 4) is 0 Å². The number of nitrogens with one attached hydrogen (secondary N) is 5. The predicted octanol–water partition coefficient (Wildman–Crippen LogP) is -0.729. The van der Waals surface area contributed by atoms with Crippen molar-refractivity contribution < 1.29 is 9.84 Å². The number of rotatable bonds is 2. The quantitative estimate of drug-likeness (QED) is 0.387. The average Bonchev–Trinajstić information content (AvgIpc) is 2.65. The first-order valence-corrected chi connectivity index (χ1v) is 9.87. The Labute approximate surface area is 154 Å². The van der Waals surface area contributed by atoms with E-state index in [1.165, 1.54) is 25.7 Å². The third-order valence-corrected chi connectivity index (χ3v) is 4.97. The van der Waals surface area contributed by atoms with Gasteiger partial charge in [-0.1, -0.05) is 12.8 Å². The van der Waals surface area contributed by atoms with E-state index in [0.717, 1.165) is 53.0 Å². The summed E-state index contributed by atoms with van der Waals surface area (Å²) < 4.78 is 5.37. The van der Waals surface area contributed by atoms with Crippen LogP contribution in [-0.4, -0.2) is 89.4 Å². The second kappa shape index (κ2) is 14.8. The predicted molar refractivity (Wildman–Crippen MR) is 104 cm³/mol. The molecule has 2 rings (SSSR count). The minimum absolute atomic E-state index is 0.380. The first kappa shape index (κ1) is 22.8. The van der Waals surface area contributed by atoms with Crippen molar-refractivity contribution in [1.29, 1.82) is 0 Å². The molecule has 4 atom stereocenters. The second-order valence-corrected chi connectivity index (χ2v) is 7.03. The van der Waals surface area contributed by atoms with Crippen LogP contribution in [0.2, 0.25) is 0 Å². The molecule has 1 heterocycles. The zero-order valence-electron chi connectivity index (χ0n) is 16.4. The van der Waals surface area contributed by atoms with E-state index in [-0.39, 0.29) is 0 Å². The number of ether oxygens (including phenoxy) is 1. The van der Waals surface area contributed by atoms with E-state index in [0.29, 0.717) is 24.2 Å². The highest BCUT2D eigenvalue weighted by molar-refractivity contribution is 4.88. The van der Waals surface area contributed by atoms with Crippen LogP contribution in [0, 0.1) is 0 Å². The van der Waals surface area contributed by atoms with E-state index < -0.39 is 0 Å². The Morgan fingerprint density at radius 3 is 2.20 bits per heavy atom. The van der Waals surface area contributed by atoms with Crippen LogP contribution in [-0.2, 0) is 4.74 Å². The van der Waals surface area contributed by atoms with Gasteiger partial charge in [0, 0.05) is 77.7 Å². The third kappa shape index (κ3) is 9.84. The molecule has 7 heteroatoms. The first-order valence-electron chi connectivity index (χ1n) is 9.87. The van der Waals surface area contributed by atoms with Gasteiger partial charge >= 0.3 is 0 Å². The summed E-state index contributed by atoms with van der Waals surface area (Å²) in [4.78, 5) is 0. The second-order valence-electron chi connectivity index (χ2n) is 7.03. The lowest BCUT2D eigenvalue weighted by atomic mass is 9.90. The molecule has 0 amide bonds. The molecule has 0 aromatic rings. The monoisotopic (exact) mass is 359 g/mol. The van der Waals surface area contributed by atoms with Gasteiger partial charge < -0.3 is 36.4 Å². The lowest BCUT2D eigenvalue weighted by Crippen LogP contribution is -2.54. The van der Waals surface area contributed by atoms with E-state index in [1.807, 2.05) is 0 Å². The minimum Gasteiger partial charge on any atom is -0.400 e. The van der Waals surface area contributed by atoms with Crippen molar-refractivity contribution in [2.24, 2.45) is 0 Å². The Morgan fingerprint density at radius 1 is 0.840 bits per heavy atom. The number of hydrogen-bond donors (Lipinski definition) is 6.